The first-order valence-electron chi connectivity index (χ1n) is 5.68. The number of pyridine rings is 1. The van der Waals surface area contributed by atoms with E-state index in [4.69, 9.17) is 22.0 Å². The summed E-state index contributed by atoms with van der Waals surface area (Å²) < 4.78 is 0. The molecule has 0 saturated heterocycles. The first-order chi connectivity index (χ1) is 9.51. The van der Waals surface area contributed by atoms with E-state index in [1.807, 2.05) is 13.0 Å². The maximum atomic E-state index is 10.8. The number of benzene rings is 1. The number of rotatable bonds is 3. The topological polar surface area (TPSA) is 86.0 Å². The summed E-state index contributed by atoms with van der Waals surface area (Å²) in [7, 11) is 0. The van der Waals surface area contributed by atoms with Crippen molar-refractivity contribution in [1.82, 2.24) is 4.98 Å². The molecule has 5 nitrogen and oxygen atoms in total. The predicted octanol–water partition coefficient (Wildman–Crippen LogP) is 3.36. The molecule has 0 amide bonds. The number of halogens is 1. The maximum Gasteiger partial charge on any atom is 0.337 e. The zero-order chi connectivity index (χ0) is 14.7. The molecule has 6 heteroatoms. The van der Waals surface area contributed by atoms with Gasteiger partial charge in [0, 0.05) is 11.9 Å². The summed E-state index contributed by atoms with van der Waals surface area (Å²) in [5.41, 5.74) is 2.14. The van der Waals surface area contributed by atoms with Gasteiger partial charge in [-0.1, -0.05) is 17.7 Å². The van der Waals surface area contributed by atoms with Crippen molar-refractivity contribution < 1.29 is 9.90 Å². The molecule has 0 aliphatic carbocycles. The highest BCUT2D eigenvalue weighted by Crippen LogP contribution is 2.26. The average molecular weight is 288 g/mol. The predicted molar refractivity (Wildman–Crippen MR) is 75.4 cm³/mol. The summed E-state index contributed by atoms with van der Waals surface area (Å²) in [6, 6.07) is 8.57. The van der Waals surface area contributed by atoms with Crippen molar-refractivity contribution >= 4 is 29.1 Å². The molecule has 0 unspecified atom stereocenters. The number of nitrogens with zero attached hydrogens (tertiary/aromatic N) is 2. The molecule has 1 aromatic carbocycles. The van der Waals surface area contributed by atoms with Gasteiger partial charge in [-0.05, 0) is 30.7 Å². The van der Waals surface area contributed by atoms with Crippen molar-refractivity contribution in [3.63, 3.8) is 0 Å². The second kappa shape index (κ2) is 5.59. The molecule has 2 rings (SSSR count). The molecule has 0 radical (unpaired) electrons. The molecule has 0 saturated carbocycles. The fraction of sp³-hybridized carbons (Fsp3) is 0.0714. The largest absolute Gasteiger partial charge is 0.478 e. The van der Waals surface area contributed by atoms with Gasteiger partial charge in [0.25, 0.3) is 0 Å². The van der Waals surface area contributed by atoms with Gasteiger partial charge in [-0.25, -0.2) is 9.78 Å². The maximum absolute atomic E-state index is 10.8. The van der Waals surface area contributed by atoms with E-state index in [-0.39, 0.29) is 10.6 Å². The van der Waals surface area contributed by atoms with E-state index >= 15 is 0 Å². The number of carbonyl (C=O) groups is 1. The van der Waals surface area contributed by atoms with Gasteiger partial charge in [0.1, 0.15) is 5.82 Å². The Morgan fingerprint density at radius 1 is 1.45 bits per heavy atom. The molecule has 0 aliphatic rings. The zero-order valence-corrected chi connectivity index (χ0v) is 11.3. The zero-order valence-electron chi connectivity index (χ0n) is 10.5. The van der Waals surface area contributed by atoms with Crippen LogP contribution < -0.4 is 5.32 Å². The summed E-state index contributed by atoms with van der Waals surface area (Å²) in [5.74, 6) is -0.747. The lowest BCUT2D eigenvalue weighted by Gasteiger charge is -2.10. The smallest absolute Gasteiger partial charge is 0.337 e. The molecule has 2 N–H and O–H groups in total. The number of carboxylic acid groups (broad SMARTS) is 1. The number of aromatic carboxylic acids is 1. The van der Waals surface area contributed by atoms with Crippen molar-refractivity contribution in [2.45, 2.75) is 6.92 Å². The Bertz CT molecular complexity index is 723. The van der Waals surface area contributed by atoms with E-state index in [9.17, 15) is 4.79 Å². The molecule has 0 bridgehead atoms. The van der Waals surface area contributed by atoms with Gasteiger partial charge in [-0.3, -0.25) is 0 Å². The quantitative estimate of drug-likeness (QED) is 0.904. The van der Waals surface area contributed by atoms with E-state index < -0.39 is 5.97 Å². The first kappa shape index (κ1) is 13.8. The van der Waals surface area contributed by atoms with Crippen LogP contribution >= 0.6 is 11.6 Å². The van der Waals surface area contributed by atoms with Crippen LogP contribution in [-0.2, 0) is 0 Å². The molecule has 0 spiro atoms. The lowest BCUT2D eigenvalue weighted by Crippen LogP contribution is -2.01. The molecule has 1 aromatic heterocycles. The minimum absolute atomic E-state index is 0.0167. The van der Waals surface area contributed by atoms with E-state index in [0.29, 0.717) is 17.1 Å². The van der Waals surface area contributed by atoms with Gasteiger partial charge in [-0.15, -0.1) is 0 Å². The summed E-state index contributed by atoms with van der Waals surface area (Å²) in [5, 5.41) is 20.9. The van der Waals surface area contributed by atoms with Crippen LogP contribution in [-0.4, -0.2) is 16.1 Å². The van der Waals surface area contributed by atoms with E-state index in [0.717, 1.165) is 5.56 Å². The van der Waals surface area contributed by atoms with Crippen molar-refractivity contribution in [1.29, 1.82) is 5.26 Å². The summed E-state index contributed by atoms with van der Waals surface area (Å²) in [4.78, 5) is 14.8. The third-order valence-electron chi connectivity index (χ3n) is 2.71. The standard InChI is InChI=1S/C14H10ClN3O2/c1-8-2-3-9(6-16)4-12(8)18-13-11(15)5-10(7-17-13)14(19)20/h2-5,7H,1H3,(H,17,18)(H,19,20). The van der Waals surface area contributed by atoms with Crippen molar-refractivity contribution in [2.75, 3.05) is 5.32 Å². The van der Waals surface area contributed by atoms with Gasteiger partial charge in [0.05, 0.1) is 22.2 Å². The number of hydrogen-bond acceptors (Lipinski definition) is 4. The van der Waals surface area contributed by atoms with Crippen LogP contribution in [0.1, 0.15) is 21.5 Å². The van der Waals surface area contributed by atoms with Gasteiger partial charge >= 0.3 is 5.97 Å². The van der Waals surface area contributed by atoms with E-state index in [2.05, 4.69) is 10.3 Å². The lowest BCUT2D eigenvalue weighted by atomic mass is 10.1. The monoisotopic (exact) mass is 287 g/mol. The molecule has 1 heterocycles. The first-order valence-corrected chi connectivity index (χ1v) is 6.05. The number of hydrogen-bond donors (Lipinski definition) is 2. The summed E-state index contributed by atoms with van der Waals surface area (Å²) >= 11 is 6.00. The molecule has 2 aromatic rings. The Hall–Kier alpha value is -2.58. The van der Waals surface area contributed by atoms with Crippen LogP contribution in [0.4, 0.5) is 11.5 Å². The highest BCUT2D eigenvalue weighted by Gasteiger charge is 2.10. The molecule has 20 heavy (non-hydrogen) atoms. The number of aryl methyl sites for hydroxylation is 1. The number of carboxylic acids is 1. The van der Waals surface area contributed by atoms with Gasteiger partial charge in [-0.2, -0.15) is 5.26 Å². The van der Waals surface area contributed by atoms with Crippen LogP contribution in [0.3, 0.4) is 0 Å². The van der Waals surface area contributed by atoms with Crippen LogP contribution in [0.2, 0.25) is 5.02 Å². The number of anilines is 2. The second-order valence-electron chi connectivity index (χ2n) is 4.13. The summed E-state index contributed by atoms with van der Waals surface area (Å²) in [6.45, 7) is 1.88. The minimum Gasteiger partial charge on any atom is -0.478 e. The van der Waals surface area contributed by atoms with Crippen LogP contribution in [0, 0.1) is 18.3 Å². The van der Waals surface area contributed by atoms with Crippen LogP contribution in [0.25, 0.3) is 0 Å². The molecular formula is C14H10ClN3O2. The molecular weight excluding hydrogens is 278 g/mol. The Labute approximate surface area is 120 Å². The van der Waals surface area contributed by atoms with Crippen molar-refractivity contribution in [3.05, 3.63) is 52.2 Å². The fourth-order valence-electron chi connectivity index (χ4n) is 1.60. The van der Waals surface area contributed by atoms with Gasteiger partial charge in [0.15, 0.2) is 0 Å². The second-order valence-corrected chi connectivity index (χ2v) is 4.53. The Kier molecular flexibility index (Phi) is 3.87. The number of nitriles is 1. The number of aromatic nitrogens is 1. The number of nitrogens with one attached hydrogen (secondary N) is 1. The van der Waals surface area contributed by atoms with Gasteiger partial charge < -0.3 is 10.4 Å². The van der Waals surface area contributed by atoms with Crippen LogP contribution in [0.15, 0.2) is 30.5 Å². The molecule has 0 fully saturated rings. The molecule has 0 aliphatic heterocycles. The normalized spacial score (nSPS) is 9.85. The van der Waals surface area contributed by atoms with E-state index in [1.165, 1.54) is 12.3 Å². The Morgan fingerprint density at radius 2 is 2.20 bits per heavy atom. The molecule has 100 valence electrons. The Balaban J connectivity index is 2.35. The molecule has 0 atom stereocenters. The average Bonchev–Trinajstić information content (AvgIpc) is 2.43. The van der Waals surface area contributed by atoms with Gasteiger partial charge in [0.2, 0.25) is 0 Å². The van der Waals surface area contributed by atoms with Crippen molar-refractivity contribution in [2.24, 2.45) is 0 Å². The van der Waals surface area contributed by atoms with E-state index in [1.54, 1.807) is 18.2 Å². The Morgan fingerprint density at radius 3 is 2.80 bits per heavy atom. The van der Waals surface area contributed by atoms with Crippen molar-refractivity contribution in [3.8, 4) is 6.07 Å². The van der Waals surface area contributed by atoms with Crippen LogP contribution in [0.5, 0.6) is 0 Å². The SMILES string of the molecule is Cc1ccc(C#N)cc1Nc1ncc(C(=O)O)cc1Cl. The summed E-state index contributed by atoms with van der Waals surface area (Å²) in [6.07, 6.45) is 1.22. The lowest BCUT2D eigenvalue weighted by molar-refractivity contribution is 0.0696. The fourth-order valence-corrected chi connectivity index (χ4v) is 1.81. The minimum atomic E-state index is -1.09. The highest BCUT2D eigenvalue weighted by molar-refractivity contribution is 6.33. The third-order valence-corrected chi connectivity index (χ3v) is 3.00. The highest BCUT2D eigenvalue weighted by atomic mass is 35.5. The third kappa shape index (κ3) is 2.87.